The molecular weight excluding hydrogens is 349 g/mol. The molecular formula is C17H11Cl2N3O2. The molecule has 1 N–H and O–H groups in total. The number of nitrogens with one attached hydrogen (secondary N) is 1. The van der Waals surface area contributed by atoms with E-state index in [9.17, 15) is 4.79 Å². The molecule has 0 saturated carbocycles. The molecule has 7 heteroatoms. The summed E-state index contributed by atoms with van der Waals surface area (Å²) < 4.78 is 5.64. The van der Waals surface area contributed by atoms with Gasteiger partial charge in [0.1, 0.15) is 11.5 Å². The Labute approximate surface area is 147 Å². The van der Waals surface area contributed by atoms with Gasteiger partial charge >= 0.3 is 0 Å². The van der Waals surface area contributed by atoms with Crippen molar-refractivity contribution in [1.82, 2.24) is 10.4 Å². The monoisotopic (exact) mass is 359 g/mol. The van der Waals surface area contributed by atoms with Crippen molar-refractivity contribution in [2.45, 2.75) is 0 Å². The SMILES string of the molecule is O=C(N/N=C/c1ccc(-c2cc(Cl)ccc2Cl)o1)c1ccncc1. The predicted octanol–water partition coefficient (Wildman–Crippen LogP) is 4.41. The maximum absolute atomic E-state index is 11.8. The molecule has 0 fully saturated rings. The van der Waals surface area contributed by atoms with Gasteiger partial charge in [0.05, 0.1) is 11.2 Å². The fraction of sp³-hybridized carbons (Fsp3) is 0. The van der Waals surface area contributed by atoms with Gasteiger partial charge in [-0.25, -0.2) is 5.43 Å². The number of halogens is 2. The van der Waals surface area contributed by atoms with E-state index < -0.39 is 0 Å². The third-order valence-corrected chi connectivity index (χ3v) is 3.69. The van der Waals surface area contributed by atoms with Crippen LogP contribution in [0.15, 0.2) is 64.4 Å². The molecule has 0 bridgehead atoms. The molecule has 0 saturated heterocycles. The highest BCUT2D eigenvalue weighted by molar-refractivity contribution is 6.35. The van der Waals surface area contributed by atoms with Crippen molar-refractivity contribution in [2.24, 2.45) is 5.10 Å². The standard InChI is InChI=1S/C17H11Cl2N3O2/c18-12-1-3-15(19)14(9-12)16-4-2-13(24-16)10-21-22-17(23)11-5-7-20-8-6-11/h1-10H,(H,22,23)/b21-10+. The second kappa shape index (κ2) is 7.29. The van der Waals surface area contributed by atoms with Crippen molar-refractivity contribution in [3.05, 3.63) is 76.2 Å². The maximum Gasteiger partial charge on any atom is 0.271 e. The van der Waals surface area contributed by atoms with E-state index in [0.717, 1.165) is 0 Å². The van der Waals surface area contributed by atoms with Gasteiger partial charge in [-0.15, -0.1) is 0 Å². The van der Waals surface area contributed by atoms with Crippen LogP contribution in [0.1, 0.15) is 16.1 Å². The molecule has 1 amide bonds. The Morgan fingerprint density at radius 3 is 2.71 bits per heavy atom. The van der Waals surface area contributed by atoms with Crippen LogP contribution in [-0.4, -0.2) is 17.1 Å². The normalized spacial score (nSPS) is 10.9. The minimum absolute atomic E-state index is 0.335. The number of amides is 1. The Hall–Kier alpha value is -2.63. The number of rotatable bonds is 4. The van der Waals surface area contributed by atoms with Crippen molar-refractivity contribution in [2.75, 3.05) is 0 Å². The summed E-state index contributed by atoms with van der Waals surface area (Å²) in [5.41, 5.74) is 3.56. The van der Waals surface area contributed by atoms with E-state index >= 15 is 0 Å². The zero-order chi connectivity index (χ0) is 16.9. The van der Waals surface area contributed by atoms with Gasteiger partial charge in [-0.05, 0) is 42.5 Å². The first-order chi connectivity index (χ1) is 11.6. The van der Waals surface area contributed by atoms with Gasteiger partial charge in [0.15, 0.2) is 0 Å². The topological polar surface area (TPSA) is 67.5 Å². The van der Waals surface area contributed by atoms with Gasteiger partial charge in [-0.2, -0.15) is 5.10 Å². The van der Waals surface area contributed by atoms with Crippen LogP contribution in [0.2, 0.25) is 10.0 Å². The molecule has 0 spiro atoms. The lowest BCUT2D eigenvalue weighted by molar-refractivity contribution is 0.0955. The second-order valence-electron chi connectivity index (χ2n) is 4.76. The zero-order valence-corrected chi connectivity index (χ0v) is 13.8. The van der Waals surface area contributed by atoms with Gasteiger partial charge in [0.2, 0.25) is 0 Å². The van der Waals surface area contributed by atoms with E-state index in [-0.39, 0.29) is 5.91 Å². The molecule has 0 aliphatic heterocycles. The molecule has 1 aromatic carbocycles. The number of furan rings is 1. The Morgan fingerprint density at radius 1 is 1.12 bits per heavy atom. The Bertz CT molecular complexity index is 892. The number of benzene rings is 1. The number of aromatic nitrogens is 1. The Morgan fingerprint density at radius 2 is 1.92 bits per heavy atom. The Balaban J connectivity index is 1.70. The smallest absolute Gasteiger partial charge is 0.271 e. The van der Waals surface area contributed by atoms with Crippen LogP contribution in [0, 0.1) is 0 Å². The van der Waals surface area contributed by atoms with Crippen LogP contribution in [0.3, 0.4) is 0 Å². The summed E-state index contributed by atoms with van der Waals surface area (Å²) in [7, 11) is 0. The summed E-state index contributed by atoms with van der Waals surface area (Å²) in [5, 5.41) is 4.96. The molecule has 3 aromatic rings. The Kier molecular flexibility index (Phi) is 4.93. The van der Waals surface area contributed by atoms with E-state index in [1.807, 2.05) is 0 Å². The van der Waals surface area contributed by atoms with Crippen molar-refractivity contribution in [3.63, 3.8) is 0 Å². The van der Waals surface area contributed by atoms with E-state index in [0.29, 0.717) is 32.7 Å². The first kappa shape index (κ1) is 16.2. The van der Waals surface area contributed by atoms with Crippen molar-refractivity contribution in [3.8, 4) is 11.3 Å². The number of carbonyl (C=O) groups is 1. The minimum Gasteiger partial charge on any atom is -0.455 e. The molecule has 0 aliphatic rings. The number of pyridine rings is 1. The van der Waals surface area contributed by atoms with Gasteiger partial charge in [-0.1, -0.05) is 23.2 Å². The number of hydrazone groups is 1. The molecule has 0 atom stereocenters. The van der Waals surface area contributed by atoms with Crippen LogP contribution < -0.4 is 5.43 Å². The molecule has 0 radical (unpaired) electrons. The molecule has 0 aliphatic carbocycles. The summed E-state index contributed by atoms with van der Waals surface area (Å²) in [4.78, 5) is 15.7. The fourth-order valence-electron chi connectivity index (χ4n) is 1.98. The lowest BCUT2D eigenvalue weighted by atomic mass is 10.2. The average Bonchev–Trinajstić information content (AvgIpc) is 3.06. The minimum atomic E-state index is -0.335. The van der Waals surface area contributed by atoms with Crippen molar-refractivity contribution >= 4 is 35.3 Å². The van der Waals surface area contributed by atoms with Crippen molar-refractivity contribution in [1.29, 1.82) is 0 Å². The van der Waals surface area contributed by atoms with Gasteiger partial charge in [-0.3, -0.25) is 9.78 Å². The quantitative estimate of drug-likeness (QED) is 0.554. The summed E-state index contributed by atoms with van der Waals surface area (Å²) in [6.45, 7) is 0. The molecule has 120 valence electrons. The average molecular weight is 360 g/mol. The number of hydrogen-bond donors (Lipinski definition) is 1. The first-order valence-corrected chi connectivity index (χ1v) is 7.68. The summed E-state index contributed by atoms with van der Waals surface area (Å²) in [6.07, 6.45) is 4.47. The van der Waals surface area contributed by atoms with E-state index in [1.165, 1.54) is 18.6 Å². The molecule has 5 nitrogen and oxygen atoms in total. The number of hydrogen-bond acceptors (Lipinski definition) is 4. The lowest BCUT2D eigenvalue weighted by Gasteiger charge is -2.01. The zero-order valence-electron chi connectivity index (χ0n) is 12.2. The van der Waals surface area contributed by atoms with E-state index in [1.54, 1.807) is 42.5 Å². The van der Waals surface area contributed by atoms with Crippen LogP contribution in [0.4, 0.5) is 0 Å². The van der Waals surface area contributed by atoms with Crippen molar-refractivity contribution < 1.29 is 9.21 Å². The highest BCUT2D eigenvalue weighted by Crippen LogP contribution is 2.31. The highest BCUT2D eigenvalue weighted by atomic mass is 35.5. The van der Waals surface area contributed by atoms with Crippen LogP contribution in [0.5, 0.6) is 0 Å². The first-order valence-electron chi connectivity index (χ1n) is 6.92. The summed E-state index contributed by atoms with van der Waals surface area (Å²) >= 11 is 12.1. The van der Waals surface area contributed by atoms with E-state index in [4.69, 9.17) is 27.6 Å². The molecule has 2 aromatic heterocycles. The summed E-state index contributed by atoms with van der Waals surface area (Å²) in [5.74, 6) is 0.693. The second-order valence-corrected chi connectivity index (χ2v) is 5.60. The number of nitrogens with zero attached hydrogens (tertiary/aromatic N) is 2. The van der Waals surface area contributed by atoms with Gasteiger partial charge in [0, 0.05) is 28.5 Å². The summed E-state index contributed by atoms with van der Waals surface area (Å²) in [6, 6.07) is 11.8. The van der Waals surface area contributed by atoms with Gasteiger partial charge < -0.3 is 4.42 Å². The third kappa shape index (κ3) is 3.82. The van der Waals surface area contributed by atoms with Crippen LogP contribution in [0.25, 0.3) is 11.3 Å². The van der Waals surface area contributed by atoms with Crippen LogP contribution in [-0.2, 0) is 0 Å². The third-order valence-electron chi connectivity index (χ3n) is 3.12. The van der Waals surface area contributed by atoms with Crippen LogP contribution >= 0.6 is 23.2 Å². The lowest BCUT2D eigenvalue weighted by Crippen LogP contribution is -2.17. The van der Waals surface area contributed by atoms with Gasteiger partial charge in [0.25, 0.3) is 5.91 Å². The maximum atomic E-state index is 11.8. The largest absolute Gasteiger partial charge is 0.455 e. The number of carbonyl (C=O) groups excluding carboxylic acids is 1. The van der Waals surface area contributed by atoms with E-state index in [2.05, 4.69) is 15.5 Å². The molecule has 2 heterocycles. The molecule has 24 heavy (non-hydrogen) atoms. The molecule has 0 unspecified atom stereocenters. The fourth-order valence-corrected chi connectivity index (χ4v) is 2.36. The highest BCUT2D eigenvalue weighted by Gasteiger charge is 2.09. The molecule has 3 rings (SSSR count). The predicted molar refractivity (Wildman–Crippen MR) is 93.5 cm³/mol.